The smallest absolute Gasteiger partial charge is 0.303 e. The summed E-state index contributed by atoms with van der Waals surface area (Å²) < 4.78 is 0. The highest BCUT2D eigenvalue weighted by atomic mass is 16.4. The molecular formula is C24H38N2O4. The molecule has 1 amide bonds. The molecule has 2 N–H and O–H groups in total. The van der Waals surface area contributed by atoms with E-state index >= 15 is 0 Å². The minimum atomic E-state index is -0.928. The van der Waals surface area contributed by atoms with E-state index in [1.165, 1.54) is 5.56 Å². The summed E-state index contributed by atoms with van der Waals surface area (Å²) in [6, 6.07) is 7.59. The predicted molar refractivity (Wildman–Crippen MR) is 119 cm³/mol. The van der Waals surface area contributed by atoms with Gasteiger partial charge in [-0.2, -0.15) is 0 Å². The molecule has 1 aliphatic heterocycles. The summed E-state index contributed by atoms with van der Waals surface area (Å²) in [6.45, 7) is 12.8. The third-order valence-electron chi connectivity index (χ3n) is 6.64. The molecule has 2 rings (SSSR count). The number of nitrogens with zero attached hydrogens (tertiary/aromatic N) is 2. The number of likely N-dealkylation sites (tertiary alicyclic amines) is 1. The van der Waals surface area contributed by atoms with Crippen molar-refractivity contribution in [3.8, 4) is 5.75 Å². The van der Waals surface area contributed by atoms with Crippen LogP contribution in [-0.4, -0.2) is 64.6 Å². The maximum absolute atomic E-state index is 12.5. The highest BCUT2D eigenvalue weighted by molar-refractivity contribution is 5.80. The molecule has 0 radical (unpaired) electrons. The average molecular weight is 419 g/mol. The standard InChI is InChI=1S/C24H38N2O4/c1-18(2)10-12-26(22(28)8-9-23(29)30)15-14-25-13-11-24(4,19(3)17-25)20-6-5-7-21(27)16-20/h5-7,16,18-19,27H,8-15,17H2,1-4H3,(H,29,30). The van der Waals surface area contributed by atoms with E-state index in [-0.39, 0.29) is 24.2 Å². The van der Waals surface area contributed by atoms with Crippen molar-refractivity contribution in [3.63, 3.8) is 0 Å². The number of carboxylic acids is 1. The van der Waals surface area contributed by atoms with Crippen LogP contribution in [0.3, 0.4) is 0 Å². The zero-order valence-corrected chi connectivity index (χ0v) is 18.9. The Hall–Kier alpha value is -2.08. The van der Waals surface area contributed by atoms with Crippen molar-refractivity contribution in [2.75, 3.05) is 32.7 Å². The maximum atomic E-state index is 12.5. The molecule has 0 aromatic heterocycles. The Labute approximate surface area is 180 Å². The van der Waals surface area contributed by atoms with Crippen LogP contribution in [-0.2, 0) is 15.0 Å². The normalized spacial score (nSPS) is 22.2. The number of aliphatic carboxylic acids is 1. The molecule has 6 nitrogen and oxygen atoms in total. The highest BCUT2D eigenvalue weighted by Gasteiger charge is 2.38. The van der Waals surface area contributed by atoms with Gasteiger partial charge in [-0.3, -0.25) is 9.59 Å². The van der Waals surface area contributed by atoms with Crippen molar-refractivity contribution < 1.29 is 19.8 Å². The van der Waals surface area contributed by atoms with Gasteiger partial charge in [0.1, 0.15) is 5.75 Å². The summed E-state index contributed by atoms with van der Waals surface area (Å²) in [7, 11) is 0. The topological polar surface area (TPSA) is 81.1 Å². The lowest BCUT2D eigenvalue weighted by Crippen LogP contribution is -2.49. The molecule has 2 atom stereocenters. The number of amides is 1. The Balaban J connectivity index is 1.94. The Bertz CT molecular complexity index is 721. The second-order valence-electron chi connectivity index (χ2n) is 9.38. The molecular weight excluding hydrogens is 380 g/mol. The molecule has 0 spiro atoms. The maximum Gasteiger partial charge on any atom is 0.303 e. The van der Waals surface area contributed by atoms with E-state index in [0.29, 0.717) is 30.7 Å². The Morgan fingerprint density at radius 3 is 2.60 bits per heavy atom. The van der Waals surface area contributed by atoms with Gasteiger partial charge in [-0.05, 0) is 54.3 Å². The number of phenolic OH excluding ortho intramolecular Hbond substituents is 1. The number of phenols is 1. The molecule has 1 aromatic rings. The monoisotopic (exact) mass is 418 g/mol. The van der Waals surface area contributed by atoms with E-state index < -0.39 is 5.97 Å². The molecule has 1 saturated heterocycles. The largest absolute Gasteiger partial charge is 0.508 e. The van der Waals surface area contributed by atoms with Crippen molar-refractivity contribution in [1.29, 1.82) is 0 Å². The fourth-order valence-electron chi connectivity index (χ4n) is 4.22. The molecule has 1 aromatic carbocycles. The second-order valence-corrected chi connectivity index (χ2v) is 9.38. The third kappa shape index (κ3) is 6.73. The van der Waals surface area contributed by atoms with Crippen molar-refractivity contribution in [1.82, 2.24) is 9.80 Å². The van der Waals surface area contributed by atoms with Crippen LogP contribution in [0, 0.1) is 11.8 Å². The van der Waals surface area contributed by atoms with Crippen molar-refractivity contribution in [3.05, 3.63) is 29.8 Å². The molecule has 1 heterocycles. The molecule has 0 aliphatic carbocycles. The number of carboxylic acid groups (broad SMARTS) is 1. The Kier molecular flexibility index (Phi) is 8.71. The highest BCUT2D eigenvalue weighted by Crippen LogP contribution is 2.40. The van der Waals surface area contributed by atoms with Crippen LogP contribution in [0.25, 0.3) is 0 Å². The van der Waals surface area contributed by atoms with Crippen LogP contribution < -0.4 is 0 Å². The predicted octanol–water partition coefficient (Wildman–Crippen LogP) is 3.73. The first-order valence-corrected chi connectivity index (χ1v) is 11.1. The van der Waals surface area contributed by atoms with Crippen LogP contribution >= 0.6 is 0 Å². The van der Waals surface area contributed by atoms with Gasteiger partial charge in [0.05, 0.1) is 6.42 Å². The van der Waals surface area contributed by atoms with Gasteiger partial charge < -0.3 is 20.0 Å². The quantitative estimate of drug-likeness (QED) is 0.605. The van der Waals surface area contributed by atoms with E-state index in [0.717, 1.165) is 32.5 Å². The molecule has 1 aliphatic rings. The number of hydrogen-bond donors (Lipinski definition) is 2. The fraction of sp³-hybridized carbons (Fsp3) is 0.667. The van der Waals surface area contributed by atoms with Crippen LogP contribution in [0.5, 0.6) is 5.75 Å². The first kappa shape index (κ1) is 24.2. The van der Waals surface area contributed by atoms with Crippen molar-refractivity contribution in [2.45, 2.75) is 58.8 Å². The second kappa shape index (κ2) is 10.8. The van der Waals surface area contributed by atoms with E-state index in [9.17, 15) is 14.7 Å². The summed E-state index contributed by atoms with van der Waals surface area (Å²) in [4.78, 5) is 27.6. The Morgan fingerprint density at radius 1 is 1.27 bits per heavy atom. The van der Waals surface area contributed by atoms with Crippen LogP contribution in [0.4, 0.5) is 0 Å². The minimum Gasteiger partial charge on any atom is -0.508 e. The average Bonchev–Trinajstić information content (AvgIpc) is 2.68. The number of piperidine rings is 1. The molecule has 2 unspecified atom stereocenters. The van der Waals surface area contributed by atoms with Gasteiger partial charge in [0.15, 0.2) is 0 Å². The zero-order chi connectivity index (χ0) is 22.3. The SMILES string of the molecule is CC(C)CCN(CCN1CCC(C)(c2cccc(O)c2)C(C)C1)C(=O)CCC(=O)O. The van der Waals surface area contributed by atoms with Gasteiger partial charge in [-0.15, -0.1) is 0 Å². The minimum absolute atomic E-state index is 0.0177. The first-order chi connectivity index (χ1) is 14.1. The number of rotatable bonds is 10. The molecule has 0 bridgehead atoms. The van der Waals surface area contributed by atoms with Gasteiger partial charge in [-0.25, -0.2) is 0 Å². The lowest BCUT2D eigenvalue weighted by atomic mass is 9.68. The van der Waals surface area contributed by atoms with Crippen LogP contribution in [0.1, 0.15) is 58.9 Å². The fourth-order valence-corrected chi connectivity index (χ4v) is 4.22. The van der Waals surface area contributed by atoms with Crippen LogP contribution in [0.2, 0.25) is 0 Å². The van der Waals surface area contributed by atoms with Gasteiger partial charge in [0.2, 0.25) is 5.91 Å². The number of hydrogen-bond acceptors (Lipinski definition) is 4. The van der Waals surface area contributed by atoms with Gasteiger partial charge in [-0.1, -0.05) is 39.8 Å². The lowest BCUT2D eigenvalue weighted by Gasteiger charge is -2.45. The van der Waals surface area contributed by atoms with Gasteiger partial charge >= 0.3 is 5.97 Å². The number of carbonyl (C=O) groups excluding carboxylic acids is 1. The molecule has 1 fully saturated rings. The Morgan fingerprint density at radius 2 is 2.00 bits per heavy atom. The third-order valence-corrected chi connectivity index (χ3v) is 6.64. The lowest BCUT2D eigenvalue weighted by molar-refractivity contribution is -0.141. The zero-order valence-electron chi connectivity index (χ0n) is 18.9. The number of benzene rings is 1. The summed E-state index contributed by atoms with van der Waals surface area (Å²) in [5, 5.41) is 18.8. The van der Waals surface area contributed by atoms with Crippen LogP contribution in [0.15, 0.2) is 24.3 Å². The summed E-state index contributed by atoms with van der Waals surface area (Å²) in [6.07, 6.45) is 1.88. The van der Waals surface area contributed by atoms with E-state index in [2.05, 4.69) is 38.7 Å². The van der Waals surface area contributed by atoms with Gasteiger partial charge in [0.25, 0.3) is 0 Å². The molecule has 30 heavy (non-hydrogen) atoms. The molecule has 6 heteroatoms. The van der Waals surface area contributed by atoms with Crippen molar-refractivity contribution in [2.24, 2.45) is 11.8 Å². The summed E-state index contributed by atoms with van der Waals surface area (Å²) >= 11 is 0. The van der Waals surface area contributed by atoms with Gasteiger partial charge in [0, 0.05) is 32.6 Å². The number of aromatic hydroxyl groups is 1. The number of carbonyl (C=O) groups is 2. The van der Waals surface area contributed by atoms with E-state index in [4.69, 9.17) is 5.11 Å². The summed E-state index contributed by atoms with van der Waals surface area (Å²) in [5.74, 6) is 0.234. The molecule has 0 saturated carbocycles. The first-order valence-electron chi connectivity index (χ1n) is 11.1. The summed E-state index contributed by atoms with van der Waals surface area (Å²) in [5.41, 5.74) is 1.20. The van der Waals surface area contributed by atoms with Crippen molar-refractivity contribution >= 4 is 11.9 Å². The molecule has 168 valence electrons. The van der Waals surface area contributed by atoms with E-state index in [1.807, 2.05) is 17.0 Å². The van der Waals surface area contributed by atoms with E-state index in [1.54, 1.807) is 6.07 Å².